The second-order valence-electron chi connectivity index (χ2n) is 4.13. The Morgan fingerprint density at radius 1 is 1.37 bits per heavy atom. The molecule has 0 amide bonds. The standard InChI is InChI=1S/C12H12N4O3/c1-7(17)11-5-4-10(6-12(11)16(18)19)15-9(3)13-8(2)14-15/h4-6H,1-3H3. The lowest BCUT2D eigenvalue weighted by Crippen LogP contribution is -2.04. The molecule has 0 radical (unpaired) electrons. The second-order valence-corrected chi connectivity index (χ2v) is 4.13. The average Bonchev–Trinajstić information content (AvgIpc) is 2.67. The molecule has 0 unspecified atom stereocenters. The summed E-state index contributed by atoms with van der Waals surface area (Å²) in [6, 6.07) is 4.38. The smallest absolute Gasteiger partial charge is 0.282 e. The van der Waals surface area contributed by atoms with Crippen LogP contribution in [-0.2, 0) is 0 Å². The number of carbonyl (C=O) groups excluding carboxylic acids is 1. The number of nitro benzene ring substituents is 1. The summed E-state index contributed by atoms with van der Waals surface area (Å²) in [5.41, 5.74) is 0.371. The minimum absolute atomic E-state index is 0.0863. The van der Waals surface area contributed by atoms with Crippen LogP contribution in [0.3, 0.4) is 0 Å². The molecule has 2 aromatic rings. The van der Waals surface area contributed by atoms with Crippen LogP contribution in [0.5, 0.6) is 0 Å². The Bertz CT molecular complexity index is 676. The maximum absolute atomic E-state index is 11.4. The highest BCUT2D eigenvalue weighted by molar-refractivity contribution is 5.98. The van der Waals surface area contributed by atoms with Gasteiger partial charge in [0, 0.05) is 6.07 Å². The molecule has 0 saturated heterocycles. The minimum Gasteiger partial charge on any atom is -0.294 e. The average molecular weight is 260 g/mol. The van der Waals surface area contributed by atoms with Crippen LogP contribution in [0.25, 0.3) is 5.69 Å². The summed E-state index contributed by atoms with van der Waals surface area (Å²) in [6.45, 7) is 4.79. The molecule has 0 atom stereocenters. The van der Waals surface area contributed by atoms with E-state index in [9.17, 15) is 14.9 Å². The number of aromatic nitrogens is 3. The molecule has 1 aromatic heterocycles. The van der Waals surface area contributed by atoms with Crippen LogP contribution in [-0.4, -0.2) is 25.5 Å². The molecule has 0 aliphatic heterocycles. The number of rotatable bonds is 3. The quantitative estimate of drug-likeness (QED) is 0.478. The van der Waals surface area contributed by atoms with Crippen LogP contribution in [0, 0.1) is 24.0 Å². The largest absolute Gasteiger partial charge is 0.294 e. The third-order valence-corrected chi connectivity index (χ3v) is 2.68. The summed E-state index contributed by atoms with van der Waals surface area (Å²) in [7, 11) is 0. The second kappa shape index (κ2) is 4.60. The third-order valence-electron chi connectivity index (χ3n) is 2.68. The number of hydrogen-bond acceptors (Lipinski definition) is 5. The van der Waals surface area contributed by atoms with Crippen molar-refractivity contribution in [2.75, 3.05) is 0 Å². The molecule has 7 nitrogen and oxygen atoms in total. The molecule has 1 aromatic carbocycles. The number of hydrogen-bond donors (Lipinski definition) is 0. The molecule has 0 spiro atoms. The van der Waals surface area contributed by atoms with Crippen molar-refractivity contribution >= 4 is 11.5 Å². The maximum atomic E-state index is 11.4. The zero-order chi connectivity index (χ0) is 14.2. The van der Waals surface area contributed by atoms with Crippen LogP contribution in [0.4, 0.5) is 5.69 Å². The number of nitrogens with zero attached hydrogens (tertiary/aromatic N) is 4. The summed E-state index contributed by atoms with van der Waals surface area (Å²) >= 11 is 0. The molecule has 0 aliphatic carbocycles. The van der Waals surface area contributed by atoms with Gasteiger partial charge in [-0.15, -0.1) is 0 Å². The summed E-state index contributed by atoms with van der Waals surface area (Å²) in [4.78, 5) is 25.9. The van der Waals surface area contributed by atoms with Crippen LogP contribution in [0.2, 0.25) is 0 Å². The van der Waals surface area contributed by atoms with Gasteiger partial charge in [-0.05, 0) is 32.9 Å². The molecule has 0 saturated carbocycles. The van der Waals surface area contributed by atoms with Gasteiger partial charge >= 0.3 is 0 Å². The van der Waals surface area contributed by atoms with E-state index < -0.39 is 4.92 Å². The van der Waals surface area contributed by atoms with Gasteiger partial charge in [-0.3, -0.25) is 14.9 Å². The van der Waals surface area contributed by atoms with E-state index in [1.165, 1.54) is 23.7 Å². The minimum atomic E-state index is -0.570. The Morgan fingerprint density at radius 2 is 2.05 bits per heavy atom. The highest BCUT2D eigenvalue weighted by atomic mass is 16.6. The third kappa shape index (κ3) is 2.35. The monoisotopic (exact) mass is 260 g/mol. The predicted molar refractivity (Wildman–Crippen MR) is 67.5 cm³/mol. The number of benzene rings is 1. The van der Waals surface area contributed by atoms with E-state index in [0.717, 1.165) is 0 Å². The Hall–Kier alpha value is -2.57. The number of carbonyl (C=O) groups is 1. The lowest BCUT2D eigenvalue weighted by molar-refractivity contribution is -0.385. The van der Waals surface area contributed by atoms with Crippen LogP contribution in [0.1, 0.15) is 28.9 Å². The van der Waals surface area contributed by atoms with Crippen molar-refractivity contribution in [3.63, 3.8) is 0 Å². The maximum Gasteiger partial charge on any atom is 0.282 e. The number of ketones is 1. The summed E-state index contributed by atoms with van der Waals surface area (Å²) in [5, 5.41) is 15.2. The van der Waals surface area contributed by atoms with Crippen molar-refractivity contribution in [2.24, 2.45) is 0 Å². The van der Waals surface area contributed by atoms with E-state index in [0.29, 0.717) is 17.3 Å². The zero-order valence-electron chi connectivity index (χ0n) is 10.7. The number of aryl methyl sites for hydroxylation is 2. The van der Waals surface area contributed by atoms with Crippen molar-refractivity contribution in [1.82, 2.24) is 14.8 Å². The number of nitro groups is 1. The molecule has 98 valence electrons. The van der Waals surface area contributed by atoms with Gasteiger partial charge in [0.05, 0.1) is 16.2 Å². The van der Waals surface area contributed by atoms with Gasteiger partial charge in [-0.1, -0.05) is 0 Å². The molecular weight excluding hydrogens is 248 g/mol. The first-order chi connectivity index (χ1) is 8.90. The van der Waals surface area contributed by atoms with Crippen LogP contribution >= 0.6 is 0 Å². The fourth-order valence-electron chi connectivity index (χ4n) is 1.87. The van der Waals surface area contributed by atoms with Crippen molar-refractivity contribution in [2.45, 2.75) is 20.8 Å². The molecule has 19 heavy (non-hydrogen) atoms. The molecule has 1 heterocycles. The first-order valence-electron chi connectivity index (χ1n) is 5.60. The number of Topliss-reactive ketones (excluding diaryl/α,β-unsaturated/α-hetero) is 1. The van der Waals surface area contributed by atoms with Gasteiger partial charge in [0.15, 0.2) is 5.78 Å². The molecule has 0 N–H and O–H groups in total. The topological polar surface area (TPSA) is 90.9 Å². The predicted octanol–water partition coefficient (Wildman–Crippen LogP) is 1.99. The van der Waals surface area contributed by atoms with E-state index in [-0.39, 0.29) is 17.0 Å². The lowest BCUT2D eigenvalue weighted by Gasteiger charge is -2.05. The summed E-state index contributed by atoms with van der Waals surface area (Å²) in [5.74, 6) is 0.864. The van der Waals surface area contributed by atoms with Gasteiger partial charge in [-0.25, -0.2) is 9.67 Å². The fourth-order valence-corrected chi connectivity index (χ4v) is 1.87. The molecule has 7 heteroatoms. The Labute approximate surface area is 109 Å². The first kappa shape index (κ1) is 12.9. The van der Waals surface area contributed by atoms with Crippen molar-refractivity contribution in [3.8, 4) is 5.69 Å². The molecule has 0 bridgehead atoms. The molecule has 0 fully saturated rings. The van der Waals surface area contributed by atoms with E-state index in [1.807, 2.05) is 0 Å². The first-order valence-corrected chi connectivity index (χ1v) is 5.60. The summed E-state index contributed by atoms with van der Waals surface area (Å²) in [6.07, 6.45) is 0. The normalized spacial score (nSPS) is 10.5. The molecule has 2 rings (SSSR count). The van der Waals surface area contributed by atoms with Crippen LogP contribution < -0.4 is 0 Å². The molecular formula is C12H12N4O3. The van der Waals surface area contributed by atoms with Crippen LogP contribution in [0.15, 0.2) is 18.2 Å². The highest BCUT2D eigenvalue weighted by Crippen LogP contribution is 2.23. The van der Waals surface area contributed by atoms with Gasteiger partial charge in [0.25, 0.3) is 5.69 Å². The van der Waals surface area contributed by atoms with Gasteiger partial charge < -0.3 is 0 Å². The summed E-state index contributed by atoms with van der Waals surface area (Å²) < 4.78 is 1.51. The zero-order valence-corrected chi connectivity index (χ0v) is 10.7. The highest BCUT2D eigenvalue weighted by Gasteiger charge is 2.19. The van der Waals surface area contributed by atoms with Gasteiger partial charge in [0.1, 0.15) is 11.6 Å². The Kier molecular flexibility index (Phi) is 3.12. The Balaban J connectivity index is 2.61. The van der Waals surface area contributed by atoms with Crippen molar-refractivity contribution in [1.29, 1.82) is 0 Å². The van der Waals surface area contributed by atoms with Crippen molar-refractivity contribution in [3.05, 3.63) is 45.5 Å². The lowest BCUT2D eigenvalue weighted by atomic mass is 10.1. The van der Waals surface area contributed by atoms with E-state index in [1.54, 1.807) is 19.9 Å². The van der Waals surface area contributed by atoms with E-state index >= 15 is 0 Å². The van der Waals surface area contributed by atoms with Gasteiger partial charge in [0.2, 0.25) is 0 Å². The van der Waals surface area contributed by atoms with E-state index in [4.69, 9.17) is 0 Å². The Morgan fingerprint density at radius 3 is 2.53 bits per heavy atom. The SMILES string of the molecule is CC(=O)c1ccc(-n2nc(C)nc2C)cc1[N+](=O)[O-]. The molecule has 0 aliphatic rings. The van der Waals surface area contributed by atoms with E-state index in [2.05, 4.69) is 10.1 Å². The fraction of sp³-hybridized carbons (Fsp3) is 0.250. The van der Waals surface area contributed by atoms with Gasteiger partial charge in [-0.2, -0.15) is 5.10 Å². The van der Waals surface area contributed by atoms with Crippen molar-refractivity contribution < 1.29 is 9.72 Å².